The summed E-state index contributed by atoms with van der Waals surface area (Å²) < 4.78 is 11.3. The number of halogens is 2. The second kappa shape index (κ2) is 9.91. The first-order valence-corrected chi connectivity index (χ1v) is 9.37. The zero-order valence-corrected chi connectivity index (χ0v) is 17.2. The fraction of sp³-hybridized carbons (Fsp3) is 0.100. The van der Waals surface area contributed by atoms with Crippen LogP contribution >= 0.6 is 23.2 Å². The average molecular weight is 447 g/mol. The number of methoxy groups -OCH3 is 1. The molecule has 0 atom stereocenters. The minimum Gasteiger partial charge on any atom is -0.493 e. The highest BCUT2D eigenvalue weighted by atomic mass is 35.5. The number of anilines is 1. The van der Waals surface area contributed by atoms with Crippen molar-refractivity contribution >= 4 is 40.9 Å². The predicted octanol–water partition coefficient (Wildman–Crippen LogP) is 5.33. The van der Waals surface area contributed by atoms with Gasteiger partial charge in [-0.3, -0.25) is 15.5 Å². The topological polar surface area (TPSA) is 98.9 Å². The van der Waals surface area contributed by atoms with E-state index in [9.17, 15) is 10.1 Å². The summed E-state index contributed by atoms with van der Waals surface area (Å²) in [7, 11) is 1.54. The molecule has 154 valence electrons. The molecule has 1 N–H and O–H groups in total. The quantitative estimate of drug-likeness (QED) is 0.285. The smallest absolute Gasteiger partial charge is 0.287 e. The number of nitrogens with one attached hydrogen (secondary N) is 1. The Kier molecular flexibility index (Phi) is 7.05. The molecule has 1 heterocycles. The molecular weight excluding hydrogens is 431 g/mol. The molecule has 8 nitrogen and oxygen atoms in total. The molecular formula is C20H16Cl2N4O4. The third-order valence-corrected chi connectivity index (χ3v) is 4.68. The molecule has 3 aromatic rings. The lowest BCUT2D eigenvalue weighted by Gasteiger charge is -2.13. The van der Waals surface area contributed by atoms with Gasteiger partial charge in [0.25, 0.3) is 5.69 Å². The molecule has 0 spiro atoms. The van der Waals surface area contributed by atoms with Gasteiger partial charge in [0.15, 0.2) is 11.5 Å². The first-order valence-electron chi connectivity index (χ1n) is 8.61. The second-order valence-electron chi connectivity index (χ2n) is 5.94. The van der Waals surface area contributed by atoms with Crippen molar-refractivity contribution in [2.24, 2.45) is 5.10 Å². The lowest BCUT2D eigenvalue weighted by molar-refractivity contribution is -0.385. The first kappa shape index (κ1) is 21.4. The van der Waals surface area contributed by atoms with Crippen LogP contribution in [0.4, 0.5) is 11.5 Å². The van der Waals surface area contributed by atoms with E-state index in [0.717, 1.165) is 11.8 Å². The molecule has 0 amide bonds. The number of benzene rings is 2. The summed E-state index contributed by atoms with van der Waals surface area (Å²) in [6.45, 7) is 0.245. The molecule has 0 radical (unpaired) electrons. The minimum atomic E-state index is -0.520. The van der Waals surface area contributed by atoms with E-state index in [2.05, 4.69) is 15.5 Å². The van der Waals surface area contributed by atoms with E-state index in [1.165, 1.54) is 18.3 Å². The molecule has 3 rings (SSSR count). The average Bonchev–Trinajstić information content (AvgIpc) is 2.75. The van der Waals surface area contributed by atoms with Crippen molar-refractivity contribution in [2.75, 3.05) is 12.5 Å². The number of nitro groups is 1. The highest BCUT2D eigenvalue weighted by Gasteiger charge is 2.11. The van der Waals surface area contributed by atoms with Crippen molar-refractivity contribution in [3.8, 4) is 11.5 Å². The van der Waals surface area contributed by atoms with Gasteiger partial charge in [0, 0.05) is 11.6 Å². The fourth-order valence-electron chi connectivity index (χ4n) is 2.46. The van der Waals surface area contributed by atoms with E-state index in [1.807, 2.05) is 6.07 Å². The Labute approximate surface area is 182 Å². The van der Waals surface area contributed by atoms with Crippen LogP contribution in [0.1, 0.15) is 11.1 Å². The molecule has 0 saturated carbocycles. The van der Waals surface area contributed by atoms with Gasteiger partial charge in [-0.15, -0.1) is 0 Å². The van der Waals surface area contributed by atoms with Gasteiger partial charge in [0.1, 0.15) is 18.6 Å². The fourth-order valence-corrected chi connectivity index (χ4v) is 2.78. The molecule has 2 aromatic carbocycles. The van der Waals surface area contributed by atoms with Crippen LogP contribution in [-0.4, -0.2) is 23.2 Å². The monoisotopic (exact) mass is 446 g/mol. The van der Waals surface area contributed by atoms with Crippen molar-refractivity contribution in [2.45, 2.75) is 6.61 Å². The van der Waals surface area contributed by atoms with Crippen molar-refractivity contribution in [3.63, 3.8) is 0 Å². The molecule has 0 aliphatic rings. The first-order chi connectivity index (χ1) is 14.5. The summed E-state index contributed by atoms with van der Waals surface area (Å²) >= 11 is 12.0. The Hall–Kier alpha value is -3.36. The van der Waals surface area contributed by atoms with Crippen LogP contribution in [-0.2, 0) is 6.61 Å². The van der Waals surface area contributed by atoms with Gasteiger partial charge in [-0.2, -0.15) is 5.10 Å². The van der Waals surface area contributed by atoms with E-state index < -0.39 is 4.92 Å². The van der Waals surface area contributed by atoms with Crippen LogP contribution in [0.15, 0.2) is 59.8 Å². The molecule has 0 unspecified atom stereocenters. The number of ether oxygens (including phenoxy) is 2. The van der Waals surface area contributed by atoms with E-state index in [1.54, 1.807) is 37.4 Å². The van der Waals surface area contributed by atoms with Crippen LogP contribution in [0.3, 0.4) is 0 Å². The molecule has 0 aliphatic heterocycles. The van der Waals surface area contributed by atoms with Gasteiger partial charge < -0.3 is 9.47 Å². The van der Waals surface area contributed by atoms with E-state index in [4.69, 9.17) is 32.7 Å². The molecule has 0 saturated heterocycles. The SMILES string of the molecule is COc1cccc(/C=N\Nc2ccc([N+](=O)[O-])cn2)c1OCc1ccc(Cl)c(Cl)c1. The Bertz CT molecular complexity index is 1070. The summed E-state index contributed by atoms with van der Waals surface area (Å²) in [5.41, 5.74) is 4.11. The van der Waals surface area contributed by atoms with Crippen molar-refractivity contribution in [3.05, 3.63) is 86.0 Å². The molecule has 10 heteroatoms. The summed E-state index contributed by atoms with van der Waals surface area (Å²) in [4.78, 5) is 14.1. The van der Waals surface area contributed by atoms with Gasteiger partial charge in [-0.05, 0) is 35.9 Å². The molecule has 30 heavy (non-hydrogen) atoms. The Balaban J connectivity index is 1.74. The van der Waals surface area contributed by atoms with Crippen LogP contribution in [0.2, 0.25) is 10.0 Å². The van der Waals surface area contributed by atoms with E-state index in [-0.39, 0.29) is 12.3 Å². The molecule has 1 aromatic heterocycles. The summed E-state index contributed by atoms with van der Waals surface area (Å²) in [6.07, 6.45) is 2.69. The second-order valence-corrected chi connectivity index (χ2v) is 6.76. The van der Waals surface area contributed by atoms with Gasteiger partial charge in [0.05, 0.1) is 28.3 Å². The van der Waals surface area contributed by atoms with Crippen molar-refractivity contribution in [1.82, 2.24) is 4.98 Å². The number of nitrogens with zero attached hydrogens (tertiary/aromatic N) is 3. The van der Waals surface area contributed by atoms with E-state index in [0.29, 0.717) is 32.9 Å². The predicted molar refractivity (Wildman–Crippen MR) is 116 cm³/mol. The Morgan fingerprint density at radius 1 is 1.20 bits per heavy atom. The summed E-state index contributed by atoms with van der Waals surface area (Å²) in [6, 6.07) is 13.4. The summed E-state index contributed by atoms with van der Waals surface area (Å²) in [5, 5.41) is 15.7. The number of para-hydroxylation sites is 1. The van der Waals surface area contributed by atoms with E-state index >= 15 is 0 Å². The Morgan fingerprint density at radius 3 is 2.70 bits per heavy atom. The van der Waals surface area contributed by atoms with Gasteiger partial charge in [0.2, 0.25) is 0 Å². The highest BCUT2D eigenvalue weighted by Crippen LogP contribution is 2.31. The summed E-state index contributed by atoms with van der Waals surface area (Å²) in [5.74, 6) is 1.39. The number of hydrogen-bond donors (Lipinski definition) is 1. The maximum atomic E-state index is 10.7. The zero-order valence-electron chi connectivity index (χ0n) is 15.7. The number of rotatable bonds is 8. The lowest BCUT2D eigenvalue weighted by atomic mass is 10.2. The molecule has 0 bridgehead atoms. The van der Waals surface area contributed by atoms with Gasteiger partial charge in [-0.25, -0.2) is 4.98 Å². The Morgan fingerprint density at radius 2 is 2.03 bits per heavy atom. The number of hydrogen-bond acceptors (Lipinski definition) is 7. The van der Waals surface area contributed by atoms with Crippen LogP contribution < -0.4 is 14.9 Å². The van der Waals surface area contributed by atoms with Crippen LogP contribution in [0.5, 0.6) is 11.5 Å². The minimum absolute atomic E-state index is 0.102. The maximum absolute atomic E-state index is 10.7. The van der Waals surface area contributed by atoms with Crippen molar-refractivity contribution < 1.29 is 14.4 Å². The third kappa shape index (κ3) is 5.37. The third-order valence-electron chi connectivity index (χ3n) is 3.94. The number of hydrazone groups is 1. The standard InChI is InChI=1S/C20H16Cl2N4O4/c1-29-18-4-2-3-14(10-24-25-19-8-6-15(11-23-19)26(27)28)20(18)30-12-13-5-7-16(21)17(22)9-13/h2-11H,12H2,1H3,(H,23,25)/b24-10-. The zero-order chi connectivity index (χ0) is 21.5. The van der Waals surface area contributed by atoms with Crippen molar-refractivity contribution in [1.29, 1.82) is 0 Å². The molecule has 0 aliphatic carbocycles. The molecule has 0 fully saturated rings. The maximum Gasteiger partial charge on any atom is 0.287 e. The lowest BCUT2D eigenvalue weighted by Crippen LogP contribution is -2.02. The van der Waals surface area contributed by atoms with Gasteiger partial charge >= 0.3 is 0 Å². The van der Waals surface area contributed by atoms with Gasteiger partial charge in [-0.1, -0.05) is 35.3 Å². The highest BCUT2D eigenvalue weighted by molar-refractivity contribution is 6.42. The normalized spacial score (nSPS) is 10.8. The largest absolute Gasteiger partial charge is 0.493 e. The van der Waals surface area contributed by atoms with Crippen LogP contribution in [0, 0.1) is 10.1 Å². The van der Waals surface area contributed by atoms with Crippen LogP contribution in [0.25, 0.3) is 0 Å². The number of pyridine rings is 1. The number of aromatic nitrogens is 1.